The van der Waals surface area contributed by atoms with E-state index in [1.807, 2.05) is 6.07 Å². The number of hydrogen-bond donors (Lipinski definition) is 2. The zero-order valence-electron chi connectivity index (χ0n) is 11.1. The van der Waals surface area contributed by atoms with Crippen LogP contribution >= 0.6 is 0 Å². The Morgan fingerprint density at radius 3 is 2.70 bits per heavy atom. The summed E-state index contributed by atoms with van der Waals surface area (Å²) in [5.41, 5.74) is 1.41. The molecule has 1 aliphatic heterocycles. The van der Waals surface area contributed by atoms with Crippen molar-refractivity contribution in [1.82, 2.24) is 0 Å². The Kier molecular flexibility index (Phi) is 3.24. The van der Waals surface area contributed by atoms with Crippen LogP contribution in [0.5, 0.6) is 17.2 Å². The molecule has 0 spiro atoms. The molecule has 0 amide bonds. The van der Waals surface area contributed by atoms with Crippen molar-refractivity contribution in [3.8, 4) is 17.2 Å². The topological polar surface area (TPSA) is 58.9 Å². The predicted molar refractivity (Wildman–Crippen MR) is 74.3 cm³/mol. The molecule has 0 radical (unpaired) electrons. The molecule has 2 atom stereocenters. The standard InChI is InChI=1S/C16H16O4/c1-19-10-6-7-12-15(8-10)20-9-13(16(12)18)11-4-2-3-5-14(11)17/h2-8,13,16-18H,9H2,1H3. The molecule has 20 heavy (non-hydrogen) atoms. The number of phenolic OH excluding ortho intramolecular Hbond substituents is 1. The number of fused-ring (bicyclic) bond motifs is 1. The number of rotatable bonds is 2. The summed E-state index contributed by atoms with van der Waals surface area (Å²) in [7, 11) is 1.59. The fourth-order valence-corrected chi connectivity index (χ4v) is 2.56. The second kappa shape index (κ2) is 5.06. The van der Waals surface area contributed by atoms with Gasteiger partial charge in [0.1, 0.15) is 17.2 Å². The summed E-state index contributed by atoms with van der Waals surface area (Å²) in [5.74, 6) is 1.22. The van der Waals surface area contributed by atoms with Gasteiger partial charge in [0.15, 0.2) is 0 Å². The van der Waals surface area contributed by atoms with Gasteiger partial charge in [-0.25, -0.2) is 0 Å². The average Bonchev–Trinajstić information content (AvgIpc) is 2.48. The molecule has 3 rings (SSSR count). The first-order valence-electron chi connectivity index (χ1n) is 6.47. The van der Waals surface area contributed by atoms with E-state index in [9.17, 15) is 10.2 Å². The van der Waals surface area contributed by atoms with Crippen LogP contribution in [0.1, 0.15) is 23.1 Å². The molecule has 1 aliphatic rings. The summed E-state index contributed by atoms with van der Waals surface area (Å²) in [6.45, 7) is 0.318. The van der Waals surface area contributed by atoms with Gasteiger partial charge in [-0.3, -0.25) is 0 Å². The highest BCUT2D eigenvalue weighted by Gasteiger charge is 2.32. The van der Waals surface area contributed by atoms with Gasteiger partial charge in [-0.15, -0.1) is 0 Å². The second-order valence-electron chi connectivity index (χ2n) is 4.82. The molecule has 1 heterocycles. The third-order valence-corrected chi connectivity index (χ3v) is 3.68. The number of aliphatic hydroxyl groups excluding tert-OH is 1. The van der Waals surface area contributed by atoms with Crippen LogP contribution in [0, 0.1) is 0 Å². The van der Waals surface area contributed by atoms with Crippen molar-refractivity contribution in [3.63, 3.8) is 0 Å². The molecule has 0 saturated carbocycles. The molecule has 0 fully saturated rings. The monoisotopic (exact) mass is 272 g/mol. The molecule has 0 saturated heterocycles. The Balaban J connectivity index is 1.97. The molecular weight excluding hydrogens is 256 g/mol. The fraction of sp³-hybridized carbons (Fsp3) is 0.250. The quantitative estimate of drug-likeness (QED) is 0.882. The molecule has 0 aromatic heterocycles. The minimum Gasteiger partial charge on any atom is -0.508 e. The van der Waals surface area contributed by atoms with E-state index in [0.717, 1.165) is 0 Å². The highest BCUT2D eigenvalue weighted by atomic mass is 16.5. The number of aliphatic hydroxyl groups is 1. The number of hydrogen-bond acceptors (Lipinski definition) is 4. The van der Waals surface area contributed by atoms with Crippen LogP contribution in [0.25, 0.3) is 0 Å². The zero-order valence-corrected chi connectivity index (χ0v) is 11.1. The van der Waals surface area contributed by atoms with E-state index in [0.29, 0.717) is 29.2 Å². The van der Waals surface area contributed by atoms with Crippen molar-refractivity contribution < 1.29 is 19.7 Å². The molecule has 0 aliphatic carbocycles. The Labute approximate surface area is 117 Å². The van der Waals surface area contributed by atoms with E-state index < -0.39 is 6.10 Å². The van der Waals surface area contributed by atoms with Crippen LogP contribution in [0.3, 0.4) is 0 Å². The average molecular weight is 272 g/mol. The Morgan fingerprint density at radius 1 is 1.15 bits per heavy atom. The molecular formula is C16H16O4. The molecule has 4 nitrogen and oxygen atoms in total. The minimum atomic E-state index is -0.710. The third kappa shape index (κ3) is 2.08. The maximum Gasteiger partial charge on any atom is 0.128 e. The molecule has 2 unspecified atom stereocenters. The highest BCUT2D eigenvalue weighted by molar-refractivity contribution is 5.46. The molecule has 0 bridgehead atoms. The van der Waals surface area contributed by atoms with Crippen LogP contribution in [0.2, 0.25) is 0 Å². The smallest absolute Gasteiger partial charge is 0.128 e. The summed E-state index contributed by atoms with van der Waals surface area (Å²) >= 11 is 0. The minimum absolute atomic E-state index is 0.178. The van der Waals surface area contributed by atoms with E-state index in [2.05, 4.69) is 0 Å². The van der Waals surface area contributed by atoms with E-state index in [4.69, 9.17) is 9.47 Å². The normalized spacial score (nSPS) is 20.9. The van der Waals surface area contributed by atoms with Gasteiger partial charge in [0, 0.05) is 17.2 Å². The molecule has 104 valence electrons. The Hall–Kier alpha value is -2.20. The summed E-state index contributed by atoms with van der Waals surface area (Å²) < 4.78 is 10.9. The van der Waals surface area contributed by atoms with E-state index in [1.165, 1.54) is 0 Å². The van der Waals surface area contributed by atoms with Crippen LogP contribution in [-0.2, 0) is 0 Å². The molecule has 4 heteroatoms. The van der Waals surface area contributed by atoms with Gasteiger partial charge in [0.05, 0.1) is 25.7 Å². The third-order valence-electron chi connectivity index (χ3n) is 3.68. The number of para-hydroxylation sites is 1. The van der Waals surface area contributed by atoms with Crippen LogP contribution in [0.4, 0.5) is 0 Å². The maximum atomic E-state index is 10.5. The van der Waals surface area contributed by atoms with Crippen molar-refractivity contribution >= 4 is 0 Å². The first-order valence-corrected chi connectivity index (χ1v) is 6.47. The van der Waals surface area contributed by atoms with Crippen molar-refractivity contribution in [1.29, 1.82) is 0 Å². The summed E-state index contributed by atoms with van der Waals surface area (Å²) in [6.07, 6.45) is -0.710. The molecule has 2 aromatic rings. The van der Waals surface area contributed by atoms with Gasteiger partial charge in [-0.05, 0) is 18.2 Å². The Bertz CT molecular complexity index is 624. The first kappa shape index (κ1) is 12.8. The van der Waals surface area contributed by atoms with Gasteiger partial charge < -0.3 is 19.7 Å². The van der Waals surface area contributed by atoms with Crippen molar-refractivity contribution in [3.05, 3.63) is 53.6 Å². The lowest BCUT2D eigenvalue weighted by Gasteiger charge is -2.31. The number of ether oxygens (including phenoxy) is 2. The van der Waals surface area contributed by atoms with Crippen molar-refractivity contribution in [2.75, 3.05) is 13.7 Å². The van der Waals surface area contributed by atoms with E-state index in [-0.39, 0.29) is 11.7 Å². The largest absolute Gasteiger partial charge is 0.508 e. The van der Waals surface area contributed by atoms with Crippen molar-refractivity contribution in [2.24, 2.45) is 0 Å². The van der Waals surface area contributed by atoms with Crippen LogP contribution in [-0.4, -0.2) is 23.9 Å². The number of phenols is 1. The summed E-state index contributed by atoms with van der Waals surface area (Å²) in [6, 6.07) is 12.4. The summed E-state index contributed by atoms with van der Waals surface area (Å²) in [4.78, 5) is 0. The lowest BCUT2D eigenvalue weighted by molar-refractivity contribution is 0.0875. The highest BCUT2D eigenvalue weighted by Crippen LogP contribution is 2.43. The predicted octanol–water partition coefficient (Wildman–Crippen LogP) is 2.61. The fourth-order valence-electron chi connectivity index (χ4n) is 2.56. The summed E-state index contributed by atoms with van der Waals surface area (Å²) in [5, 5.41) is 20.5. The Morgan fingerprint density at radius 2 is 1.95 bits per heavy atom. The first-order chi connectivity index (χ1) is 9.70. The van der Waals surface area contributed by atoms with Gasteiger partial charge in [0.2, 0.25) is 0 Å². The second-order valence-corrected chi connectivity index (χ2v) is 4.82. The van der Waals surface area contributed by atoms with Gasteiger partial charge in [0.25, 0.3) is 0 Å². The van der Waals surface area contributed by atoms with E-state index >= 15 is 0 Å². The number of methoxy groups -OCH3 is 1. The maximum absolute atomic E-state index is 10.5. The zero-order chi connectivity index (χ0) is 14.1. The van der Waals surface area contributed by atoms with Gasteiger partial charge in [-0.2, -0.15) is 0 Å². The van der Waals surface area contributed by atoms with Crippen molar-refractivity contribution in [2.45, 2.75) is 12.0 Å². The molecule has 2 aromatic carbocycles. The number of aromatic hydroxyl groups is 1. The number of benzene rings is 2. The van der Waals surface area contributed by atoms with Gasteiger partial charge in [-0.1, -0.05) is 18.2 Å². The SMILES string of the molecule is COc1ccc2c(c1)OCC(c1ccccc1O)C2O. The molecule has 2 N–H and O–H groups in total. The van der Waals surface area contributed by atoms with Crippen LogP contribution in [0.15, 0.2) is 42.5 Å². The van der Waals surface area contributed by atoms with Gasteiger partial charge >= 0.3 is 0 Å². The lowest BCUT2D eigenvalue weighted by atomic mass is 9.87. The van der Waals surface area contributed by atoms with E-state index in [1.54, 1.807) is 43.5 Å². The van der Waals surface area contributed by atoms with Crippen LogP contribution < -0.4 is 9.47 Å². The lowest BCUT2D eigenvalue weighted by Crippen LogP contribution is -2.24.